The Bertz CT molecular complexity index is 305. The summed E-state index contributed by atoms with van der Waals surface area (Å²) >= 11 is 0. The average molecular weight is 242 g/mol. The van der Waals surface area contributed by atoms with E-state index in [0.29, 0.717) is 13.1 Å². The Morgan fingerprint density at radius 1 is 1.53 bits per heavy atom. The standard InChI is InChI=1S/C12H22N2O3/c1-11(2,3)17-10(16)14-7-9(15)12(8-14)5-4-6-13-12/h9,13,15H,4-8H2,1-3H3. The third-order valence-corrected chi connectivity index (χ3v) is 3.43. The predicted octanol–water partition coefficient (Wildman–Crippen LogP) is 0.720. The van der Waals surface area contributed by atoms with Gasteiger partial charge in [-0.3, -0.25) is 0 Å². The van der Waals surface area contributed by atoms with Crippen LogP contribution in [0.25, 0.3) is 0 Å². The third-order valence-electron chi connectivity index (χ3n) is 3.43. The maximum absolute atomic E-state index is 11.9. The van der Waals surface area contributed by atoms with E-state index in [4.69, 9.17) is 4.74 Å². The van der Waals surface area contributed by atoms with Crippen molar-refractivity contribution in [2.75, 3.05) is 19.6 Å². The molecule has 2 fully saturated rings. The van der Waals surface area contributed by atoms with Gasteiger partial charge >= 0.3 is 6.09 Å². The predicted molar refractivity (Wildman–Crippen MR) is 63.8 cm³/mol. The van der Waals surface area contributed by atoms with Crippen LogP contribution in [0.4, 0.5) is 4.79 Å². The molecule has 0 aromatic rings. The molecule has 5 nitrogen and oxygen atoms in total. The Kier molecular flexibility index (Phi) is 3.08. The number of nitrogens with one attached hydrogen (secondary N) is 1. The van der Waals surface area contributed by atoms with Crippen LogP contribution in [0.15, 0.2) is 0 Å². The maximum Gasteiger partial charge on any atom is 0.410 e. The minimum absolute atomic E-state index is 0.295. The molecule has 2 heterocycles. The van der Waals surface area contributed by atoms with Gasteiger partial charge in [-0.1, -0.05) is 0 Å². The molecule has 2 saturated heterocycles. The largest absolute Gasteiger partial charge is 0.444 e. The number of carbonyl (C=O) groups excluding carboxylic acids is 1. The van der Waals surface area contributed by atoms with Crippen molar-refractivity contribution in [3.63, 3.8) is 0 Å². The summed E-state index contributed by atoms with van der Waals surface area (Å²) < 4.78 is 5.32. The SMILES string of the molecule is CC(C)(C)OC(=O)N1CC(O)C2(CCCN2)C1. The maximum atomic E-state index is 11.9. The number of nitrogens with zero attached hydrogens (tertiary/aromatic N) is 1. The lowest BCUT2D eigenvalue weighted by Crippen LogP contribution is -2.50. The van der Waals surface area contributed by atoms with Gasteiger partial charge in [0.1, 0.15) is 5.60 Å². The number of aliphatic hydroxyl groups is 1. The summed E-state index contributed by atoms with van der Waals surface area (Å²) in [5.41, 5.74) is -0.780. The monoisotopic (exact) mass is 242 g/mol. The molecule has 98 valence electrons. The first-order chi connectivity index (χ1) is 7.82. The van der Waals surface area contributed by atoms with Crippen molar-refractivity contribution < 1.29 is 14.6 Å². The Balaban J connectivity index is 1.99. The second kappa shape index (κ2) is 4.14. The van der Waals surface area contributed by atoms with E-state index in [0.717, 1.165) is 19.4 Å². The number of aliphatic hydroxyl groups excluding tert-OH is 1. The lowest BCUT2D eigenvalue weighted by Gasteiger charge is -2.27. The van der Waals surface area contributed by atoms with E-state index in [1.54, 1.807) is 4.90 Å². The highest BCUT2D eigenvalue weighted by Crippen LogP contribution is 2.31. The van der Waals surface area contributed by atoms with Crippen molar-refractivity contribution >= 4 is 6.09 Å². The Morgan fingerprint density at radius 3 is 2.76 bits per heavy atom. The molecule has 0 aliphatic carbocycles. The fourth-order valence-corrected chi connectivity index (χ4v) is 2.61. The number of carbonyl (C=O) groups is 1. The van der Waals surface area contributed by atoms with Gasteiger partial charge in [-0.15, -0.1) is 0 Å². The summed E-state index contributed by atoms with van der Waals surface area (Å²) in [5.74, 6) is 0. The van der Waals surface area contributed by atoms with E-state index in [1.807, 2.05) is 20.8 Å². The highest BCUT2D eigenvalue weighted by atomic mass is 16.6. The second-order valence-corrected chi connectivity index (χ2v) is 6.06. The fraction of sp³-hybridized carbons (Fsp3) is 0.917. The van der Waals surface area contributed by atoms with Crippen LogP contribution in [0.5, 0.6) is 0 Å². The quantitative estimate of drug-likeness (QED) is 0.657. The third kappa shape index (κ3) is 2.55. The highest BCUT2D eigenvalue weighted by Gasteiger charge is 2.49. The van der Waals surface area contributed by atoms with Gasteiger partial charge in [-0.2, -0.15) is 0 Å². The first-order valence-corrected chi connectivity index (χ1v) is 6.23. The number of β-amino-alcohol motifs (C(OH)–C–C–N with tert-alkyl or cyclic N) is 1. The van der Waals surface area contributed by atoms with Crippen LogP contribution in [-0.4, -0.2) is 53.0 Å². The average Bonchev–Trinajstić information content (AvgIpc) is 2.74. The Hall–Kier alpha value is -0.810. The molecule has 2 rings (SSSR count). The molecule has 2 unspecified atom stereocenters. The van der Waals surface area contributed by atoms with E-state index in [2.05, 4.69) is 5.32 Å². The summed E-state index contributed by atoms with van der Waals surface area (Å²) in [7, 11) is 0. The minimum Gasteiger partial charge on any atom is -0.444 e. The van der Waals surface area contributed by atoms with Gasteiger partial charge in [-0.25, -0.2) is 4.79 Å². The molecule has 0 saturated carbocycles. The van der Waals surface area contributed by atoms with Crippen molar-refractivity contribution in [1.82, 2.24) is 10.2 Å². The molecule has 0 aromatic carbocycles. The number of hydrogen-bond donors (Lipinski definition) is 2. The molecule has 1 amide bonds. The van der Waals surface area contributed by atoms with Crippen molar-refractivity contribution in [2.24, 2.45) is 0 Å². The molecular weight excluding hydrogens is 220 g/mol. The summed E-state index contributed by atoms with van der Waals surface area (Å²) in [5, 5.41) is 13.4. The Labute approximate surface area is 102 Å². The fourth-order valence-electron chi connectivity index (χ4n) is 2.61. The topological polar surface area (TPSA) is 61.8 Å². The van der Waals surface area contributed by atoms with Crippen LogP contribution in [0.3, 0.4) is 0 Å². The molecule has 2 aliphatic rings. The van der Waals surface area contributed by atoms with Crippen LogP contribution in [-0.2, 0) is 4.74 Å². The number of amides is 1. The van der Waals surface area contributed by atoms with Crippen molar-refractivity contribution in [2.45, 2.75) is 50.9 Å². The van der Waals surface area contributed by atoms with Crippen molar-refractivity contribution in [3.8, 4) is 0 Å². The minimum atomic E-state index is -0.488. The Morgan fingerprint density at radius 2 is 2.24 bits per heavy atom. The van der Waals surface area contributed by atoms with Crippen LogP contribution < -0.4 is 5.32 Å². The number of likely N-dealkylation sites (tertiary alicyclic amines) is 1. The smallest absolute Gasteiger partial charge is 0.410 e. The first-order valence-electron chi connectivity index (χ1n) is 6.23. The van der Waals surface area contributed by atoms with Crippen LogP contribution in [0.1, 0.15) is 33.6 Å². The number of ether oxygens (including phenoxy) is 1. The van der Waals surface area contributed by atoms with Gasteiger partial charge in [0.05, 0.1) is 18.2 Å². The molecule has 5 heteroatoms. The molecule has 2 atom stereocenters. The number of rotatable bonds is 0. The van der Waals surface area contributed by atoms with Gasteiger partial charge in [-0.05, 0) is 40.2 Å². The molecule has 17 heavy (non-hydrogen) atoms. The van der Waals surface area contributed by atoms with Gasteiger partial charge in [0.15, 0.2) is 0 Å². The van der Waals surface area contributed by atoms with Crippen LogP contribution in [0.2, 0.25) is 0 Å². The zero-order valence-electron chi connectivity index (χ0n) is 10.8. The molecule has 0 aromatic heterocycles. The molecule has 1 spiro atoms. The number of hydrogen-bond acceptors (Lipinski definition) is 4. The first kappa shape index (κ1) is 12.6. The van der Waals surface area contributed by atoms with Gasteiger partial charge in [0, 0.05) is 6.54 Å². The van der Waals surface area contributed by atoms with E-state index >= 15 is 0 Å². The van der Waals surface area contributed by atoms with E-state index in [9.17, 15) is 9.90 Å². The highest BCUT2D eigenvalue weighted by molar-refractivity contribution is 5.69. The molecular formula is C12H22N2O3. The lowest BCUT2D eigenvalue weighted by molar-refractivity contribution is 0.0269. The van der Waals surface area contributed by atoms with Crippen molar-refractivity contribution in [1.29, 1.82) is 0 Å². The molecule has 0 bridgehead atoms. The zero-order valence-corrected chi connectivity index (χ0v) is 10.8. The van der Waals surface area contributed by atoms with E-state index in [1.165, 1.54) is 0 Å². The van der Waals surface area contributed by atoms with Gasteiger partial charge in [0.25, 0.3) is 0 Å². The van der Waals surface area contributed by atoms with Gasteiger partial charge in [0.2, 0.25) is 0 Å². The summed E-state index contributed by atoms with van der Waals surface area (Å²) in [6.45, 7) is 7.37. The summed E-state index contributed by atoms with van der Waals surface area (Å²) in [6, 6.07) is 0. The second-order valence-electron chi connectivity index (χ2n) is 6.06. The van der Waals surface area contributed by atoms with Crippen LogP contribution in [0, 0.1) is 0 Å². The van der Waals surface area contributed by atoms with E-state index in [-0.39, 0.29) is 11.6 Å². The van der Waals surface area contributed by atoms with E-state index < -0.39 is 11.7 Å². The summed E-state index contributed by atoms with van der Waals surface area (Å²) in [6.07, 6.45) is 1.16. The normalized spacial score (nSPS) is 33.4. The molecule has 2 N–H and O–H groups in total. The van der Waals surface area contributed by atoms with Crippen molar-refractivity contribution in [3.05, 3.63) is 0 Å². The zero-order chi connectivity index (χ0) is 12.7. The lowest BCUT2D eigenvalue weighted by atomic mass is 9.94. The molecule has 0 radical (unpaired) electrons. The van der Waals surface area contributed by atoms with Gasteiger partial charge < -0.3 is 20.1 Å². The summed E-state index contributed by atoms with van der Waals surface area (Å²) in [4.78, 5) is 13.5. The van der Waals surface area contributed by atoms with Crippen LogP contribution >= 0.6 is 0 Å². The molecule has 2 aliphatic heterocycles.